The Kier molecular flexibility index (Phi) is 14.1. The van der Waals surface area contributed by atoms with E-state index in [1.54, 1.807) is 41.9 Å². The Balaban J connectivity index is 1.44. The molecular formula is C36H39F3N6O6. The zero-order valence-corrected chi connectivity index (χ0v) is 28.3. The van der Waals surface area contributed by atoms with Gasteiger partial charge in [0.1, 0.15) is 5.56 Å². The molecule has 0 aliphatic heterocycles. The summed E-state index contributed by atoms with van der Waals surface area (Å²) in [6.45, 7) is 5.66. The number of ether oxygens (including phenoxy) is 3. The summed E-state index contributed by atoms with van der Waals surface area (Å²) in [7, 11) is 0. The number of hydrogen-bond donors (Lipinski definition) is 2. The summed E-state index contributed by atoms with van der Waals surface area (Å²) < 4.78 is 60.0. The lowest BCUT2D eigenvalue weighted by atomic mass is 10.0. The van der Waals surface area contributed by atoms with Crippen LogP contribution in [-0.2, 0) is 25.2 Å². The number of nitriles is 1. The molecule has 51 heavy (non-hydrogen) atoms. The molecule has 4 aromatic rings. The first-order valence-corrected chi connectivity index (χ1v) is 16.3. The maximum atomic E-state index is 13.8. The van der Waals surface area contributed by atoms with E-state index in [0.717, 1.165) is 23.1 Å². The van der Waals surface area contributed by atoms with E-state index in [4.69, 9.17) is 14.2 Å². The van der Waals surface area contributed by atoms with Crippen LogP contribution in [0.4, 0.5) is 13.2 Å². The van der Waals surface area contributed by atoms with Gasteiger partial charge in [-0.25, -0.2) is 4.68 Å². The molecule has 15 heteroatoms. The number of benzene rings is 2. The predicted molar refractivity (Wildman–Crippen MR) is 182 cm³/mol. The quantitative estimate of drug-likeness (QED) is 0.143. The van der Waals surface area contributed by atoms with Crippen LogP contribution in [0.5, 0.6) is 0 Å². The number of rotatable bonds is 18. The second-order valence-corrected chi connectivity index (χ2v) is 11.2. The Morgan fingerprint density at radius 1 is 0.882 bits per heavy atom. The van der Waals surface area contributed by atoms with Gasteiger partial charge in [0.05, 0.1) is 74.4 Å². The topological polar surface area (TPSA) is 150 Å². The van der Waals surface area contributed by atoms with Gasteiger partial charge in [-0.3, -0.25) is 19.0 Å². The number of pyridine rings is 1. The molecule has 0 saturated heterocycles. The number of carbonyl (C=O) groups excluding carboxylic acids is 2. The Bertz CT molecular complexity index is 1880. The predicted octanol–water partition coefficient (Wildman–Crippen LogP) is 4.59. The second-order valence-electron chi connectivity index (χ2n) is 11.2. The standard InChI is InChI=1S/C36H39F3N6O6/c1-3-5-33(46)41-14-16-49-18-20-51-21-19-50-17-15-42-34(47)31-23-30(32-12-13-43-45(32)28-10-8-26(24-40)9-11-28)25(2)44(35(31)48)29-7-4-6-27(22-29)36(37,38)39/h4,6-13,22-23H,3,5,14-21H2,1-2H3,(H,41,46)(H,42,47). The van der Waals surface area contributed by atoms with Gasteiger partial charge in [-0.1, -0.05) is 13.0 Å². The van der Waals surface area contributed by atoms with Gasteiger partial charge < -0.3 is 24.8 Å². The third kappa shape index (κ3) is 10.6. The fourth-order valence-electron chi connectivity index (χ4n) is 5.10. The van der Waals surface area contributed by atoms with Crippen molar-refractivity contribution in [2.24, 2.45) is 0 Å². The van der Waals surface area contributed by atoms with E-state index in [1.807, 2.05) is 13.0 Å². The molecule has 0 aliphatic rings. The molecule has 12 nitrogen and oxygen atoms in total. The third-order valence-electron chi connectivity index (χ3n) is 7.60. The van der Waals surface area contributed by atoms with E-state index >= 15 is 0 Å². The van der Waals surface area contributed by atoms with Crippen molar-refractivity contribution in [1.82, 2.24) is 25.0 Å². The van der Waals surface area contributed by atoms with Crippen LogP contribution >= 0.6 is 0 Å². The molecule has 270 valence electrons. The number of hydrogen-bond acceptors (Lipinski definition) is 8. The maximum absolute atomic E-state index is 13.8. The fraction of sp³-hybridized carbons (Fsp3) is 0.361. The van der Waals surface area contributed by atoms with E-state index in [2.05, 4.69) is 15.7 Å². The van der Waals surface area contributed by atoms with E-state index in [0.29, 0.717) is 55.3 Å². The number of nitrogens with zero attached hydrogens (tertiary/aromatic N) is 4. The molecule has 2 amide bonds. The molecule has 2 N–H and O–H groups in total. The molecule has 0 bridgehead atoms. The highest BCUT2D eigenvalue weighted by atomic mass is 19.4. The number of carbonyl (C=O) groups is 2. The van der Waals surface area contributed by atoms with E-state index < -0.39 is 23.2 Å². The van der Waals surface area contributed by atoms with Crippen LogP contribution in [0.25, 0.3) is 22.6 Å². The Hall–Kier alpha value is -5.30. The van der Waals surface area contributed by atoms with Gasteiger partial charge in [-0.15, -0.1) is 0 Å². The van der Waals surface area contributed by atoms with Gasteiger partial charge in [0.2, 0.25) is 5.91 Å². The summed E-state index contributed by atoms with van der Waals surface area (Å²) in [5.74, 6) is -0.750. The molecule has 0 saturated carbocycles. The second kappa shape index (κ2) is 18.6. The van der Waals surface area contributed by atoms with Crippen molar-refractivity contribution >= 4 is 11.8 Å². The summed E-state index contributed by atoms with van der Waals surface area (Å²) in [5, 5.41) is 19.0. The number of nitrogens with one attached hydrogen (secondary N) is 2. The molecular weight excluding hydrogens is 669 g/mol. The average molecular weight is 709 g/mol. The lowest BCUT2D eigenvalue weighted by Crippen LogP contribution is -2.35. The summed E-state index contributed by atoms with van der Waals surface area (Å²) in [6.07, 6.45) is -1.88. The molecule has 2 aromatic heterocycles. The summed E-state index contributed by atoms with van der Waals surface area (Å²) in [5.41, 5.74) is -0.00397. The van der Waals surface area contributed by atoms with Crippen molar-refractivity contribution in [2.45, 2.75) is 32.9 Å². The third-order valence-corrected chi connectivity index (χ3v) is 7.60. The van der Waals surface area contributed by atoms with Crippen LogP contribution in [0.2, 0.25) is 0 Å². The van der Waals surface area contributed by atoms with E-state index in [1.165, 1.54) is 24.4 Å². The molecule has 0 atom stereocenters. The van der Waals surface area contributed by atoms with Crippen LogP contribution in [0.3, 0.4) is 0 Å². The SMILES string of the molecule is CCCC(=O)NCCOCCOCCOCCNC(=O)c1cc(-c2ccnn2-c2ccc(C#N)cc2)c(C)n(-c2cccc(C(F)(F)F)c2)c1=O. The maximum Gasteiger partial charge on any atom is 0.416 e. The first-order valence-electron chi connectivity index (χ1n) is 16.3. The minimum absolute atomic E-state index is 0.00850. The van der Waals surface area contributed by atoms with Gasteiger partial charge in [-0.05, 0) is 67.9 Å². The van der Waals surface area contributed by atoms with Crippen molar-refractivity contribution < 1.29 is 37.0 Å². The van der Waals surface area contributed by atoms with Crippen LogP contribution in [-0.4, -0.2) is 78.9 Å². The zero-order valence-electron chi connectivity index (χ0n) is 28.3. The molecule has 0 fully saturated rings. The number of halogens is 3. The van der Waals surface area contributed by atoms with Crippen LogP contribution in [0.15, 0.2) is 71.7 Å². The summed E-state index contributed by atoms with van der Waals surface area (Å²) in [6, 6.07) is 16.0. The lowest BCUT2D eigenvalue weighted by Gasteiger charge is -2.19. The Morgan fingerprint density at radius 2 is 1.53 bits per heavy atom. The number of amides is 2. The molecule has 0 aliphatic carbocycles. The molecule has 0 spiro atoms. The zero-order chi connectivity index (χ0) is 36.8. The van der Waals surface area contributed by atoms with Gasteiger partial charge in [0.25, 0.3) is 11.5 Å². The van der Waals surface area contributed by atoms with Crippen molar-refractivity contribution in [3.63, 3.8) is 0 Å². The largest absolute Gasteiger partial charge is 0.416 e. The number of aromatic nitrogens is 3. The van der Waals surface area contributed by atoms with Crippen molar-refractivity contribution in [2.75, 3.05) is 52.7 Å². The first kappa shape index (κ1) is 38.5. The average Bonchev–Trinajstić information content (AvgIpc) is 3.60. The lowest BCUT2D eigenvalue weighted by molar-refractivity contribution is -0.137. The minimum Gasteiger partial charge on any atom is -0.377 e. The molecule has 2 aromatic carbocycles. The van der Waals surface area contributed by atoms with E-state index in [9.17, 15) is 32.8 Å². The van der Waals surface area contributed by atoms with Gasteiger partial charge in [0, 0.05) is 36.5 Å². The van der Waals surface area contributed by atoms with Gasteiger partial charge >= 0.3 is 6.18 Å². The van der Waals surface area contributed by atoms with Crippen LogP contribution < -0.4 is 16.2 Å². The Labute approximate surface area is 292 Å². The molecule has 0 unspecified atom stereocenters. The van der Waals surface area contributed by atoms with Crippen LogP contribution in [0, 0.1) is 18.3 Å². The highest BCUT2D eigenvalue weighted by molar-refractivity contribution is 5.95. The van der Waals surface area contributed by atoms with Crippen molar-refractivity contribution in [1.29, 1.82) is 5.26 Å². The monoisotopic (exact) mass is 708 g/mol. The Morgan fingerprint density at radius 3 is 2.16 bits per heavy atom. The highest BCUT2D eigenvalue weighted by Crippen LogP contribution is 2.32. The highest BCUT2D eigenvalue weighted by Gasteiger charge is 2.31. The van der Waals surface area contributed by atoms with Crippen molar-refractivity contribution in [3.05, 3.63) is 99.6 Å². The normalized spacial score (nSPS) is 11.3. The van der Waals surface area contributed by atoms with E-state index in [-0.39, 0.29) is 49.2 Å². The fourth-order valence-corrected chi connectivity index (χ4v) is 5.10. The number of alkyl halides is 3. The first-order chi connectivity index (χ1) is 24.5. The van der Waals surface area contributed by atoms with Gasteiger partial charge in [-0.2, -0.15) is 23.5 Å². The molecule has 0 radical (unpaired) electrons. The summed E-state index contributed by atoms with van der Waals surface area (Å²) in [4.78, 5) is 38.6. The van der Waals surface area contributed by atoms with Crippen LogP contribution in [0.1, 0.15) is 46.9 Å². The summed E-state index contributed by atoms with van der Waals surface area (Å²) >= 11 is 0. The molecule has 4 rings (SSSR count). The van der Waals surface area contributed by atoms with Gasteiger partial charge in [0.15, 0.2) is 0 Å². The molecule has 2 heterocycles. The minimum atomic E-state index is -4.66. The van der Waals surface area contributed by atoms with Crippen molar-refractivity contribution in [3.8, 4) is 28.7 Å². The smallest absolute Gasteiger partial charge is 0.377 e.